The Balaban J connectivity index is 1.98. The summed E-state index contributed by atoms with van der Waals surface area (Å²) in [4.78, 5) is 1.32. The second-order valence-corrected chi connectivity index (χ2v) is 5.10. The molecular weight excluding hydrogens is 246 g/mol. The summed E-state index contributed by atoms with van der Waals surface area (Å²) in [6.45, 7) is 2.89. The third-order valence-electron chi connectivity index (χ3n) is 2.83. The summed E-state index contributed by atoms with van der Waals surface area (Å²) in [5.41, 5.74) is 1.09. The monoisotopic (exact) mass is 263 g/mol. The molecule has 2 N–H and O–H groups in total. The van der Waals surface area contributed by atoms with E-state index >= 15 is 0 Å². The summed E-state index contributed by atoms with van der Waals surface area (Å²) >= 11 is 1.75. The SMILES string of the molecule is COc1cc(CNC(C)c2cccs2)ccc1O. The van der Waals surface area contributed by atoms with Crippen LogP contribution in [0.15, 0.2) is 35.7 Å². The van der Waals surface area contributed by atoms with Crippen molar-refractivity contribution in [3.8, 4) is 11.5 Å². The van der Waals surface area contributed by atoms with Gasteiger partial charge in [-0.25, -0.2) is 0 Å². The number of thiophene rings is 1. The van der Waals surface area contributed by atoms with E-state index in [2.05, 4.69) is 29.8 Å². The van der Waals surface area contributed by atoms with E-state index < -0.39 is 0 Å². The number of rotatable bonds is 5. The number of benzene rings is 1. The first-order chi connectivity index (χ1) is 8.70. The maximum Gasteiger partial charge on any atom is 0.160 e. The van der Waals surface area contributed by atoms with Gasteiger partial charge in [-0.1, -0.05) is 12.1 Å². The minimum absolute atomic E-state index is 0.174. The zero-order chi connectivity index (χ0) is 13.0. The van der Waals surface area contributed by atoms with Crippen molar-refractivity contribution in [3.05, 3.63) is 46.2 Å². The molecule has 18 heavy (non-hydrogen) atoms. The highest BCUT2D eigenvalue weighted by atomic mass is 32.1. The lowest BCUT2D eigenvalue weighted by Crippen LogP contribution is -2.17. The van der Waals surface area contributed by atoms with Crippen LogP contribution in [0, 0.1) is 0 Å². The largest absolute Gasteiger partial charge is 0.504 e. The average molecular weight is 263 g/mol. The molecule has 0 saturated carbocycles. The summed E-state index contributed by atoms with van der Waals surface area (Å²) in [5.74, 6) is 0.686. The highest BCUT2D eigenvalue weighted by Gasteiger charge is 2.07. The number of ether oxygens (including phenoxy) is 1. The number of nitrogens with one attached hydrogen (secondary N) is 1. The molecule has 0 spiro atoms. The lowest BCUT2D eigenvalue weighted by atomic mass is 10.2. The van der Waals surface area contributed by atoms with Crippen LogP contribution >= 0.6 is 11.3 Å². The molecule has 4 heteroatoms. The van der Waals surface area contributed by atoms with Crippen LogP contribution in [-0.2, 0) is 6.54 Å². The Morgan fingerprint density at radius 3 is 2.89 bits per heavy atom. The summed E-state index contributed by atoms with van der Waals surface area (Å²) in [7, 11) is 1.56. The molecule has 2 aromatic rings. The van der Waals surface area contributed by atoms with E-state index in [1.165, 1.54) is 4.88 Å². The van der Waals surface area contributed by atoms with Gasteiger partial charge in [0.25, 0.3) is 0 Å². The summed E-state index contributed by atoms with van der Waals surface area (Å²) < 4.78 is 5.09. The van der Waals surface area contributed by atoms with Gasteiger partial charge in [0.1, 0.15) is 0 Å². The second kappa shape index (κ2) is 5.89. The maximum atomic E-state index is 9.52. The van der Waals surface area contributed by atoms with Crippen molar-refractivity contribution in [1.82, 2.24) is 5.32 Å². The van der Waals surface area contributed by atoms with E-state index in [0.717, 1.165) is 12.1 Å². The zero-order valence-electron chi connectivity index (χ0n) is 10.5. The lowest BCUT2D eigenvalue weighted by Gasteiger charge is -2.13. The molecule has 1 atom stereocenters. The Labute approximate surface area is 111 Å². The molecule has 0 bridgehead atoms. The van der Waals surface area contributed by atoms with Crippen LogP contribution in [0.4, 0.5) is 0 Å². The maximum absolute atomic E-state index is 9.52. The first kappa shape index (κ1) is 12.9. The Bertz CT molecular complexity index is 497. The number of hydrogen-bond acceptors (Lipinski definition) is 4. The fraction of sp³-hybridized carbons (Fsp3) is 0.286. The quantitative estimate of drug-likeness (QED) is 0.869. The summed E-state index contributed by atoms with van der Waals surface area (Å²) in [5, 5.41) is 15.0. The molecule has 0 radical (unpaired) electrons. The summed E-state index contributed by atoms with van der Waals surface area (Å²) in [6.07, 6.45) is 0. The number of phenols is 1. The van der Waals surface area contributed by atoms with Gasteiger partial charge in [-0.3, -0.25) is 0 Å². The molecule has 0 aliphatic carbocycles. The number of aromatic hydroxyl groups is 1. The molecule has 1 heterocycles. The fourth-order valence-electron chi connectivity index (χ4n) is 1.74. The molecule has 1 unspecified atom stereocenters. The molecule has 1 aromatic heterocycles. The highest BCUT2D eigenvalue weighted by molar-refractivity contribution is 7.10. The average Bonchev–Trinajstić information content (AvgIpc) is 2.91. The lowest BCUT2D eigenvalue weighted by molar-refractivity contribution is 0.372. The van der Waals surface area contributed by atoms with Gasteiger partial charge in [-0.2, -0.15) is 0 Å². The molecule has 1 aromatic carbocycles. The van der Waals surface area contributed by atoms with Crippen LogP contribution in [-0.4, -0.2) is 12.2 Å². The normalized spacial score (nSPS) is 12.3. The molecule has 0 aliphatic heterocycles. The van der Waals surface area contributed by atoms with E-state index in [0.29, 0.717) is 11.8 Å². The van der Waals surface area contributed by atoms with Crippen molar-refractivity contribution in [1.29, 1.82) is 0 Å². The van der Waals surface area contributed by atoms with E-state index in [4.69, 9.17) is 4.74 Å². The molecule has 0 saturated heterocycles. The predicted molar refractivity (Wildman–Crippen MR) is 74.2 cm³/mol. The van der Waals surface area contributed by atoms with E-state index in [1.54, 1.807) is 24.5 Å². The van der Waals surface area contributed by atoms with Crippen molar-refractivity contribution < 1.29 is 9.84 Å². The first-order valence-electron chi connectivity index (χ1n) is 5.83. The van der Waals surface area contributed by atoms with E-state index in [-0.39, 0.29) is 5.75 Å². The van der Waals surface area contributed by atoms with Gasteiger partial charge in [-0.15, -0.1) is 11.3 Å². The highest BCUT2D eigenvalue weighted by Crippen LogP contribution is 2.26. The van der Waals surface area contributed by atoms with Crippen molar-refractivity contribution in [3.63, 3.8) is 0 Å². The van der Waals surface area contributed by atoms with Gasteiger partial charge in [0.2, 0.25) is 0 Å². The zero-order valence-corrected chi connectivity index (χ0v) is 11.3. The molecule has 0 fully saturated rings. The van der Waals surface area contributed by atoms with Crippen molar-refractivity contribution in [2.24, 2.45) is 0 Å². The van der Waals surface area contributed by atoms with Crippen LogP contribution in [0.25, 0.3) is 0 Å². The third-order valence-corrected chi connectivity index (χ3v) is 3.88. The Morgan fingerprint density at radius 1 is 1.39 bits per heavy atom. The standard InChI is InChI=1S/C14H17NO2S/c1-10(14-4-3-7-18-14)15-9-11-5-6-12(16)13(8-11)17-2/h3-8,10,15-16H,9H2,1-2H3. The third kappa shape index (κ3) is 3.03. The second-order valence-electron chi connectivity index (χ2n) is 4.12. The molecule has 0 aliphatic rings. The topological polar surface area (TPSA) is 41.5 Å². The summed E-state index contributed by atoms with van der Waals surface area (Å²) in [6, 6.07) is 9.91. The molecule has 3 nitrogen and oxygen atoms in total. The van der Waals surface area contributed by atoms with E-state index in [1.807, 2.05) is 12.1 Å². The Hall–Kier alpha value is -1.52. The van der Waals surface area contributed by atoms with Crippen LogP contribution in [0.3, 0.4) is 0 Å². The predicted octanol–water partition coefficient (Wildman–Crippen LogP) is 3.31. The van der Waals surface area contributed by atoms with Crippen molar-refractivity contribution >= 4 is 11.3 Å². The smallest absolute Gasteiger partial charge is 0.160 e. The van der Waals surface area contributed by atoms with Crippen molar-refractivity contribution in [2.45, 2.75) is 19.5 Å². The van der Waals surface area contributed by atoms with Crippen LogP contribution in [0.2, 0.25) is 0 Å². The molecule has 2 rings (SSSR count). The van der Waals surface area contributed by atoms with Crippen LogP contribution in [0.5, 0.6) is 11.5 Å². The minimum Gasteiger partial charge on any atom is -0.504 e. The number of phenolic OH excluding ortho intramolecular Hbond substituents is 1. The van der Waals surface area contributed by atoms with Gasteiger partial charge < -0.3 is 15.2 Å². The van der Waals surface area contributed by atoms with Gasteiger partial charge in [0.15, 0.2) is 11.5 Å². The van der Waals surface area contributed by atoms with E-state index in [9.17, 15) is 5.11 Å². The molecular formula is C14H17NO2S. The Kier molecular flexibility index (Phi) is 4.23. The van der Waals surface area contributed by atoms with Gasteiger partial charge >= 0.3 is 0 Å². The first-order valence-corrected chi connectivity index (χ1v) is 6.71. The minimum atomic E-state index is 0.174. The van der Waals surface area contributed by atoms with Crippen LogP contribution in [0.1, 0.15) is 23.4 Å². The van der Waals surface area contributed by atoms with Gasteiger partial charge in [0, 0.05) is 17.5 Å². The van der Waals surface area contributed by atoms with Gasteiger partial charge in [0.05, 0.1) is 7.11 Å². The Morgan fingerprint density at radius 2 is 2.22 bits per heavy atom. The van der Waals surface area contributed by atoms with Gasteiger partial charge in [-0.05, 0) is 36.1 Å². The fourth-order valence-corrected chi connectivity index (χ4v) is 2.50. The molecule has 96 valence electrons. The number of hydrogen-bond donors (Lipinski definition) is 2. The van der Waals surface area contributed by atoms with Crippen LogP contribution < -0.4 is 10.1 Å². The number of methoxy groups -OCH3 is 1. The van der Waals surface area contributed by atoms with Crippen molar-refractivity contribution in [2.75, 3.05) is 7.11 Å². The molecule has 0 amide bonds.